The third-order valence-corrected chi connectivity index (χ3v) is 3.85. The lowest BCUT2D eigenvalue weighted by Crippen LogP contribution is -2.12. The van der Waals surface area contributed by atoms with Crippen molar-refractivity contribution >= 4 is 45.0 Å². The van der Waals surface area contributed by atoms with E-state index in [4.69, 9.17) is 21.9 Å². The molecule has 2 rings (SSSR count). The van der Waals surface area contributed by atoms with E-state index >= 15 is 0 Å². The van der Waals surface area contributed by atoms with Crippen molar-refractivity contribution in [3.8, 4) is 0 Å². The summed E-state index contributed by atoms with van der Waals surface area (Å²) in [5.74, 6) is -0.417. The second-order valence-electron chi connectivity index (χ2n) is 4.20. The topological polar surface area (TPSA) is 97.5 Å². The number of halogens is 1. The number of carbonyl (C=O) groups excluding carboxylic acids is 1. The van der Waals surface area contributed by atoms with Gasteiger partial charge < -0.3 is 5.73 Å². The van der Waals surface area contributed by atoms with Gasteiger partial charge in [0.2, 0.25) is 5.91 Å². The Hall–Kier alpha value is -1.67. The van der Waals surface area contributed by atoms with Crippen LogP contribution in [-0.2, 0) is 10.1 Å². The van der Waals surface area contributed by atoms with Gasteiger partial charge in [0.05, 0.1) is 5.41 Å². The Morgan fingerprint density at radius 1 is 1.36 bits per heavy atom. The van der Waals surface area contributed by atoms with E-state index in [9.17, 15) is 13.2 Å². The van der Waals surface area contributed by atoms with E-state index in [2.05, 4.69) is 0 Å². The Morgan fingerprint density at radius 2 is 2.05 bits per heavy atom. The van der Waals surface area contributed by atoms with Crippen molar-refractivity contribution in [2.75, 3.05) is 0 Å². The van der Waals surface area contributed by atoms with Gasteiger partial charge in [-0.1, -0.05) is 11.6 Å². The minimum Gasteiger partial charge on any atom is -0.366 e. The molecule has 0 fully saturated rings. The molecular formula is C14H14ClNO4S2. The zero-order valence-corrected chi connectivity index (χ0v) is 14.0. The number of hydrogen-bond acceptors (Lipinski definition) is 4. The lowest BCUT2D eigenvalue weighted by molar-refractivity contribution is 0.0999. The van der Waals surface area contributed by atoms with Gasteiger partial charge in [0.25, 0.3) is 10.1 Å². The molecule has 5 nitrogen and oxygen atoms in total. The molecule has 1 heterocycles. The lowest BCUT2D eigenvalue weighted by atomic mass is 10.1. The fraction of sp³-hybridized carbons (Fsp3) is 0.0714. The Labute approximate surface area is 137 Å². The van der Waals surface area contributed by atoms with Crippen LogP contribution in [0.5, 0.6) is 0 Å². The van der Waals surface area contributed by atoms with Crippen molar-refractivity contribution in [3.05, 3.63) is 62.1 Å². The van der Waals surface area contributed by atoms with Crippen molar-refractivity contribution in [3.63, 3.8) is 0 Å². The summed E-state index contributed by atoms with van der Waals surface area (Å²) >= 11 is 7.13. The van der Waals surface area contributed by atoms with Crippen molar-refractivity contribution < 1.29 is 17.8 Å². The molecule has 0 aliphatic rings. The number of primary amides is 1. The third kappa shape index (κ3) is 6.86. The van der Waals surface area contributed by atoms with Gasteiger partial charge >= 0.3 is 0 Å². The van der Waals surface area contributed by atoms with Crippen LogP contribution in [0.1, 0.15) is 21.5 Å². The van der Waals surface area contributed by atoms with Gasteiger partial charge in [-0.05, 0) is 59.2 Å². The minimum atomic E-state index is -3.98. The van der Waals surface area contributed by atoms with Crippen molar-refractivity contribution in [1.29, 1.82) is 0 Å². The number of amides is 1. The normalized spacial score (nSPS) is 11.0. The second-order valence-corrected chi connectivity index (χ2v) is 6.72. The molecule has 0 radical (unpaired) electrons. The Morgan fingerprint density at radius 3 is 2.50 bits per heavy atom. The molecule has 1 amide bonds. The smallest absolute Gasteiger partial charge is 0.287 e. The van der Waals surface area contributed by atoms with Gasteiger partial charge in [-0.25, -0.2) is 0 Å². The molecule has 1 aromatic carbocycles. The van der Waals surface area contributed by atoms with Gasteiger partial charge in [0.1, 0.15) is 0 Å². The molecule has 0 unspecified atom stereocenters. The molecule has 0 aliphatic carbocycles. The van der Waals surface area contributed by atoms with Crippen LogP contribution in [0.15, 0.2) is 40.4 Å². The predicted molar refractivity (Wildman–Crippen MR) is 89.6 cm³/mol. The van der Waals surface area contributed by atoms with Crippen LogP contribution in [0.4, 0.5) is 0 Å². The van der Waals surface area contributed by atoms with Gasteiger partial charge in [-0.3, -0.25) is 9.35 Å². The number of benzene rings is 1. The van der Waals surface area contributed by atoms with Crippen LogP contribution >= 0.6 is 22.9 Å². The van der Waals surface area contributed by atoms with Crippen LogP contribution in [0, 0.1) is 6.92 Å². The Kier molecular flexibility index (Phi) is 6.76. The van der Waals surface area contributed by atoms with E-state index in [1.54, 1.807) is 36.6 Å². The minimum absolute atomic E-state index is 0.417. The quantitative estimate of drug-likeness (QED) is 0.821. The molecule has 0 saturated carbocycles. The first kappa shape index (κ1) is 18.4. The standard InChI is InChI=1S/C8H8ClNO.C6H6O3S2/c1-5-4-6(9)2-3-7(5)8(10)11;7-11(8,9)4-2-6-1-3-10-5-6/h2-4H,1H3,(H2,10,11);1-5H,(H,7,8,9)/b;4-2+. The summed E-state index contributed by atoms with van der Waals surface area (Å²) in [6.07, 6.45) is 1.34. The summed E-state index contributed by atoms with van der Waals surface area (Å²) in [7, 11) is -3.98. The van der Waals surface area contributed by atoms with Crippen molar-refractivity contribution in [2.45, 2.75) is 6.92 Å². The summed E-state index contributed by atoms with van der Waals surface area (Å²) in [4.78, 5) is 10.7. The molecule has 8 heteroatoms. The van der Waals surface area contributed by atoms with Gasteiger partial charge in [-0.15, -0.1) is 0 Å². The van der Waals surface area contributed by atoms with E-state index in [1.807, 2.05) is 5.38 Å². The summed E-state index contributed by atoms with van der Waals surface area (Å²) < 4.78 is 28.7. The zero-order chi connectivity index (χ0) is 16.8. The number of aryl methyl sites for hydroxylation is 1. The van der Waals surface area contributed by atoms with Gasteiger partial charge in [0, 0.05) is 10.6 Å². The highest BCUT2D eigenvalue weighted by Crippen LogP contribution is 2.14. The monoisotopic (exact) mass is 359 g/mol. The molecule has 0 bridgehead atoms. The maximum absolute atomic E-state index is 10.7. The van der Waals surface area contributed by atoms with E-state index in [-0.39, 0.29) is 0 Å². The van der Waals surface area contributed by atoms with Crippen LogP contribution < -0.4 is 5.73 Å². The highest BCUT2D eigenvalue weighted by molar-refractivity contribution is 7.88. The summed E-state index contributed by atoms with van der Waals surface area (Å²) in [6, 6.07) is 6.74. The molecule has 3 N–H and O–H groups in total. The van der Waals surface area contributed by atoms with E-state index in [0.29, 0.717) is 10.6 Å². The Bertz CT molecular complexity index is 768. The highest BCUT2D eigenvalue weighted by Gasteiger charge is 2.03. The number of carbonyl (C=O) groups is 1. The molecule has 0 spiro atoms. The lowest BCUT2D eigenvalue weighted by Gasteiger charge is -1.99. The number of rotatable bonds is 3. The van der Waals surface area contributed by atoms with E-state index < -0.39 is 16.0 Å². The SMILES string of the molecule is Cc1cc(Cl)ccc1C(N)=O.O=S(=O)(O)/C=C/c1ccsc1. The fourth-order valence-corrected chi connectivity index (χ4v) is 2.62. The molecule has 2 aromatic rings. The van der Waals surface area contributed by atoms with Gasteiger partial charge in [-0.2, -0.15) is 19.8 Å². The van der Waals surface area contributed by atoms with Gasteiger partial charge in [0.15, 0.2) is 0 Å². The zero-order valence-electron chi connectivity index (χ0n) is 11.6. The van der Waals surface area contributed by atoms with Crippen molar-refractivity contribution in [1.82, 2.24) is 0 Å². The van der Waals surface area contributed by atoms with Crippen LogP contribution in [0.25, 0.3) is 6.08 Å². The van der Waals surface area contributed by atoms with Crippen LogP contribution in [0.2, 0.25) is 5.02 Å². The average molecular weight is 360 g/mol. The molecule has 0 aliphatic heterocycles. The maximum Gasteiger partial charge on any atom is 0.287 e. The largest absolute Gasteiger partial charge is 0.366 e. The number of nitrogens with two attached hydrogens (primary N) is 1. The summed E-state index contributed by atoms with van der Waals surface area (Å²) in [5.41, 5.74) is 7.19. The fourth-order valence-electron chi connectivity index (χ4n) is 1.44. The summed E-state index contributed by atoms with van der Waals surface area (Å²) in [6.45, 7) is 1.80. The third-order valence-electron chi connectivity index (χ3n) is 2.43. The highest BCUT2D eigenvalue weighted by atomic mass is 35.5. The summed E-state index contributed by atoms with van der Waals surface area (Å²) in [5, 5.41) is 4.98. The molecular weight excluding hydrogens is 346 g/mol. The number of hydrogen-bond donors (Lipinski definition) is 2. The van der Waals surface area contributed by atoms with Crippen LogP contribution in [-0.4, -0.2) is 18.9 Å². The maximum atomic E-state index is 10.7. The van der Waals surface area contributed by atoms with Crippen molar-refractivity contribution in [2.24, 2.45) is 5.73 Å². The first-order valence-corrected chi connectivity index (χ1v) is 8.75. The second kappa shape index (κ2) is 8.09. The van der Waals surface area contributed by atoms with Crippen LogP contribution in [0.3, 0.4) is 0 Å². The first-order chi connectivity index (χ1) is 10.2. The Balaban J connectivity index is 0.000000220. The average Bonchev–Trinajstić information content (AvgIpc) is 2.89. The van der Waals surface area contributed by atoms with E-state index in [0.717, 1.165) is 16.5 Å². The molecule has 0 atom stereocenters. The number of thiophene rings is 1. The van der Waals surface area contributed by atoms with E-state index in [1.165, 1.54) is 17.4 Å². The molecule has 0 saturated heterocycles. The molecule has 1 aromatic heterocycles. The molecule has 22 heavy (non-hydrogen) atoms. The predicted octanol–water partition coefficient (Wildman–Crippen LogP) is 3.35. The molecule has 118 valence electrons. The first-order valence-electron chi connectivity index (χ1n) is 5.93.